The third kappa shape index (κ3) is 5.64. The van der Waals surface area contributed by atoms with E-state index in [1.807, 2.05) is 86.1 Å². The maximum absolute atomic E-state index is 12.8. The Hall–Kier alpha value is -3.78. The highest BCUT2D eigenvalue weighted by molar-refractivity contribution is 8.18. The highest BCUT2D eigenvalue weighted by Gasteiger charge is 2.33. The van der Waals surface area contributed by atoms with Crippen molar-refractivity contribution < 1.29 is 19.4 Å². The third-order valence-electron chi connectivity index (χ3n) is 6.16. The van der Waals surface area contributed by atoms with Crippen molar-refractivity contribution in [2.75, 3.05) is 19.7 Å². The second-order valence-electron chi connectivity index (χ2n) is 8.60. The fraction of sp³-hybridized carbons (Fsp3) is 0.276. The van der Waals surface area contributed by atoms with Crippen molar-refractivity contribution in [3.8, 4) is 0 Å². The molecule has 0 atom stereocenters. The lowest BCUT2D eigenvalue weighted by Crippen LogP contribution is -2.33. The van der Waals surface area contributed by atoms with E-state index in [0.29, 0.717) is 28.7 Å². The molecule has 0 radical (unpaired) electrons. The average Bonchev–Trinajstić information content (AvgIpc) is 3.38. The minimum absolute atomic E-state index is 0.0417. The third-order valence-corrected chi connectivity index (χ3v) is 7.18. The van der Waals surface area contributed by atoms with Crippen molar-refractivity contribution in [2.24, 2.45) is 4.99 Å². The van der Waals surface area contributed by atoms with Gasteiger partial charge in [0, 0.05) is 35.8 Å². The first-order chi connectivity index (χ1) is 17.9. The maximum atomic E-state index is 12.8. The number of ether oxygens (including phenoxy) is 1. The Morgan fingerprint density at radius 2 is 1.78 bits per heavy atom. The smallest absolute Gasteiger partial charge is 0.344 e. The highest BCUT2D eigenvalue weighted by atomic mass is 32.2. The summed E-state index contributed by atoms with van der Waals surface area (Å²) >= 11 is 1.22. The maximum Gasteiger partial charge on any atom is 0.344 e. The van der Waals surface area contributed by atoms with Gasteiger partial charge in [-0.2, -0.15) is 0 Å². The van der Waals surface area contributed by atoms with E-state index < -0.39 is 5.97 Å². The van der Waals surface area contributed by atoms with E-state index in [1.54, 1.807) is 11.8 Å². The number of hydrogen-bond acceptors (Lipinski definition) is 6. The van der Waals surface area contributed by atoms with Crippen molar-refractivity contribution in [1.29, 1.82) is 0 Å². The number of hydrogen-bond donors (Lipinski definition) is 1. The summed E-state index contributed by atoms with van der Waals surface area (Å²) in [7, 11) is 0. The molecule has 0 saturated carbocycles. The molecule has 8 heteroatoms. The summed E-state index contributed by atoms with van der Waals surface area (Å²) in [5, 5.41) is 12.4. The van der Waals surface area contributed by atoms with Crippen LogP contribution in [0.1, 0.15) is 31.9 Å². The monoisotopic (exact) mass is 517 g/mol. The van der Waals surface area contributed by atoms with Gasteiger partial charge >= 0.3 is 5.97 Å². The number of likely N-dealkylation sites (N-methyl/N-ethyl adjacent to an activating group) is 1. The van der Waals surface area contributed by atoms with Crippen molar-refractivity contribution >= 4 is 51.3 Å². The first kappa shape index (κ1) is 26.3. The molecule has 0 bridgehead atoms. The Morgan fingerprint density at radius 3 is 2.46 bits per heavy atom. The predicted octanol–water partition coefficient (Wildman–Crippen LogP) is 6.01. The second-order valence-corrected chi connectivity index (χ2v) is 9.63. The number of fused-ring (bicyclic) bond motifs is 1. The summed E-state index contributed by atoms with van der Waals surface area (Å²) in [5.41, 5.74) is 3.58. The van der Waals surface area contributed by atoms with Gasteiger partial charge in [0.2, 0.25) is 5.91 Å². The van der Waals surface area contributed by atoms with Gasteiger partial charge in [0.15, 0.2) is 0 Å². The minimum atomic E-state index is -0.617. The van der Waals surface area contributed by atoms with Crippen molar-refractivity contribution in [3.05, 3.63) is 82.1 Å². The summed E-state index contributed by atoms with van der Waals surface area (Å²) < 4.78 is 7.15. The fourth-order valence-electron chi connectivity index (χ4n) is 4.21. The lowest BCUT2D eigenvalue weighted by atomic mass is 10.1. The van der Waals surface area contributed by atoms with E-state index in [1.165, 1.54) is 11.8 Å². The van der Waals surface area contributed by atoms with E-state index in [0.717, 1.165) is 22.0 Å². The molecule has 0 unspecified atom stereocenters. The van der Waals surface area contributed by atoms with Crippen LogP contribution in [0.2, 0.25) is 0 Å². The largest absolute Gasteiger partial charge is 0.506 e. The molecule has 37 heavy (non-hydrogen) atoms. The van der Waals surface area contributed by atoms with Crippen LogP contribution in [0.3, 0.4) is 0 Å². The SMILES string of the molecule is CCOC(=O)C1=C(O)/C(=C/c2cn(CC(=O)N(CC)CC)c3ccccc23)SC1=Nc1ccc(C)cc1. The Balaban J connectivity index is 1.76. The molecule has 2 heterocycles. The number of aliphatic hydroxyl groups is 1. The Labute approximate surface area is 221 Å². The first-order valence-electron chi connectivity index (χ1n) is 12.4. The zero-order chi connectivity index (χ0) is 26.5. The molecule has 4 rings (SSSR count). The first-order valence-corrected chi connectivity index (χ1v) is 13.2. The van der Waals surface area contributed by atoms with Gasteiger partial charge in [-0.05, 0) is 52.0 Å². The van der Waals surface area contributed by atoms with E-state index >= 15 is 0 Å². The van der Waals surface area contributed by atoms with Gasteiger partial charge in [-0.15, -0.1) is 0 Å². The number of nitrogens with zero attached hydrogens (tertiary/aromatic N) is 3. The molecule has 0 saturated heterocycles. The molecule has 0 fully saturated rings. The highest BCUT2D eigenvalue weighted by Crippen LogP contribution is 2.41. The van der Waals surface area contributed by atoms with Crippen LogP contribution >= 0.6 is 11.8 Å². The summed E-state index contributed by atoms with van der Waals surface area (Å²) in [6, 6.07) is 15.4. The second kappa shape index (κ2) is 11.5. The molecule has 192 valence electrons. The van der Waals surface area contributed by atoms with Gasteiger partial charge in [0.25, 0.3) is 0 Å². The number of aliphatic hydroxyl groups excluding tert-OH is 1. The number of amides is 1. The number of carbonyl (C=O) groups is 2. The van der Waals surface area contributed by atoms with Crippen LogP contribution < -0.4 is 0 Å². The number of benzene rings is 2. The number of para-hydroxylation sites is 1. The number of aliphatic imine (C=N–C) groups is 1. The predicted molar refractivity (Wildman–Crippen MR) is 150 cm³/mol. The van der Waals surface area contributed by atoms with Crippen LogP contribution in [-0.2, 0) is 20.9 Å². The zero-order valence-electron chi connectivity index (χ0n) is 21.5. The van der Waals surface area contributed by atoms with Crippen molar-refractivity contribution in [2.45, 2.75) is 34.2 Å². The number of rotatable bonds is 8. The van der Waals surface area contributed by atoms with Crippen LogP contribution in [0.4, 0.5) is 5.69 Å². The number of carbonyl (C=O) groups excluding carboxylic acids is 2. The van der Waals surface area contributed by atoms with Gasteiger partial charge < -0.3 is 19.3 Å². The fourth-order valence-corrected chi connectivity index (χ4v) is 5.24. The number of esters is 1. The van der Waals surface area contributed by atoms with E-state index in [4.69, 9.17) is 4.74 Å². The van der Waals surface area contributed by atoms with Crippen LogP contribution in [0.5, 0.6) is 0 Å². The quantitative estimate of drug-likeness (QED) is 0.370. The Morgan fingerprint density at radius 1 is 1.08 bits per heavy atom. The molecule has 3 aromatic rings. The molecule has 1 aromatic heterocycles. The number of aromatic nitrogens is 1. The standard InChI is InChI=1S/C29H31N3O4S/c1-5-31(6-2)25(33)18-32-17-20(22-10-8-9-11-23(22)32)16-24-27(34)26(29(35)36-7-3)28(37-24)30-21-14-12-19(4)13-15-21/h8-17,34H,5-7,18H2,1-4H3/b24-16-,30-28?. The molecule has 0 spiro atoms. The Bertz CT molecular complexity index is 1410. The summed E-state index contributed by atoms with van der Waals surface area (Å²) in [6.45, 7) is 9.35. The topological polar surface area (TPSA) is 84.1 Å². The molecule has 1 aliphatic heterocycles. The molecular formula is C29H31N3O4S. The Kier molecular flexibility index (Phi) is 8.18. The molecule has 1 amide bonds. The minimum Gasteiger partial charge on any atom is -0.506 e. The average molecular weight is 518 g/mol. The molecule has 7 nitrogen and oxygen atoms in total. The normalized spacial score (nSPS) is 15.7. The molecular weight excluding hydrogens is 486 g/mol. The van der Waals surface area contributed by atoms with Gasteiger partial charge in [-0.1, -0.05) is 47.7 Å². The van der Waals surface area contributed by atoms with Crippen LogP contribution in [0.15, 0.2) is 76.0 Å². The van der Waals surface area contributed by atoms with Gasteiger partial charge in [0.1, 0.15) is 22.9 Å². The van der Waals surface area contributed by atoms with E-state index in [-0.39, 0.29) is 30.4 Å². The molecule has 0 aliphatic carbocycles. The lowest BCUT2D eigenvalue weighted by Gasteiger charge is -2.19. The van der Waals surface area contributed by atoms with Crippen LogP contribution in [0.25, 0.3) is 17.0 Å². The van der Waals surface area contributed by atoms with E-state index in [9.17, 15) is 14.7 Å². The van der Waals surface area contributed by atoms with Crippen LogP contribution in [-0.4, -0.2) is 51.2 Å². The lowest BCUT2D eigenvalue weighted by molar-refractivity contribution is -0.138. The van der Waals surface area contributed by atoms with E-state index in [2.05, 4.69) is 4.99 Å². The number of thioether (sulfide) groups is 1. The molecule has 1 aliphatic rings. The summed E-state index contributed by atoms with van der Waals surface area (Å²) in [4.78, 5) is 32.5. The van der Waals surface area contributed by atoms with Crippen molar-refractivity contribution in [1.82, 2.24) is 9.47 Å². The summed E-state index contributed by atoms with van der Waals surface area (Å²) in [5.74, 6) is -0.737. The molecule has 1 N–H and O–H groups in total. The van der Waals surface area contributed by atoms with Crippen molar-refractivity contribution in [3.63, 3.8) is 0 Å². The van der Waals surface area contributed by atoms with Gasteiger partial charge in [0.05, 0.1) is 17.2 Å². The number of aryl methyl sites for hydroxylation is 1. The summed E-state index contributed by atoms with van der Waals surface area (Å²) in [6.07, 6.45) is 3.74. The zero-order valence-corrected chi connectivity index (χ0v) is 22.3. The molecule has 2 aromatic carbocycles. The van der Waals surface area contributed by atoms with Gasteiger partial charge in [-0.25, -0.2) is 9.79 Å². The van der Waals surface area contributed by atoms with Gasteiger partial charge in [-0.3, -0.25) is 4.79 Å². The van der Waals surface area contributed by atoms with Crippen LogP contribution in [0, 0.1) is 6.92 Å².